The zero-order valence-electron chi connectivity index (χ0n) is 45.7. The fourth-order valence-corrected chi connectivity index (χ4v) is 14.9. The number of hydrogen-bond donors (Lipinski definition) is 0. The summed E-state index contributed by atoms with van der Waals surface area (Å²) in [5.41, 5.74) is 26.5. The highest BCUT2D eigenvalue weighted by Gasteiger charge is 2.56. The fraction of sp³-hybridized carbons (Fsp3) is 0.250. The number of rotatable bonds is 4. The van der Waals surface area contributed by atoms with Crippen molar-refractivity contribution in [1.82, 2.24) is 9.13 Å². The highest BCUT2D eigenvalue weighted by atomic mass is 15.1. The molecule has 4 aliphatic rings. The molecule has 366 valence electrons. The maximum atomic E-state index is 2.81. The van der Waals surface area contributed by atoms with E-state index in [4.69, 9.17) is 0 Å². The number of hydrogen-bond acceptors (Lipinski definition) is 0. The SMILES string of the molecule is CC(C)(C)c1cc2c3c(c1)c1cc(C(C)(C)C)cc4c1n3-c1c(cc3c5c1B2c1cc(C(C)(C)C)cc2c6cc(C(C)(C)C)cc(c6n-5c12)C3(c1ccccc1)c1ccccc1)C4(c1ccccc1)c1ccccc1. The van der Waals surface area contributed by atoms with Gasteiger partial charge in [-0.05, 0) is 135 Å². The topological polar surface area (TPSA) is 9.86 Å². The summed E-state index contributed by atoms with van der Waals surface area (Å²) in [7, 11) is 0. The van der Waals surface area contributed by atoms with Gasteiger partial charge in [-0.2, -0.15) is 0 Å². The third-order valence-electron chi connectivity index (χ3n) is 18.5. The lowest BCUT2D eigenvalue weighted by Gasteiger charge is -2.50. The van der Waals surface area contributed by atoms with Gasteiger partial charge < -0.3 is 9.13 Å². The van der Waals surface area contributed by atoms with Gasteiger partial charge in [0.25, 0.3) is 6.71 Å². The van der Waals surface area contributed by atoms with E-state index in [0.29, 0.717) is 0 Å². The van der Waals surface area contributed by atoms with Gasteiger partial charge in [0.05, 0.1) is 21.9 Å². The predicted octanol–water partition coefficient (Wildman–Crippen LogP) is 15.6. The highest BCUT2D eigenvalue weighted by Crippen LogP contribution is 2.61. The Morgan fingerprint density at radius 1 is 0.307 bits per heavy atom. The molecular formula is C72H65BN2. The van der Waals surface area contributed by atoms with E-state index in [1.54, 1.807) is 0 Å². The summed E-state index contributed by atoms with van der Waals surface area (Å²) in [4.78, 5) is 0. The molecule has 2 aromatic heterocycles. The standard InChI is InChI=1S/C72H65BN2/c1-67(2,3)46-33-50-52-35-48(69(7,8)9)39-58-63(52)74-61(50)54(37-46)71(42-25-17-13-18-26-42,43-27-19-14-20-28-43)56-41-57-66-60(65(56)74)73(58)59-40-49(70(10,11)12)36-53-51-34-47(68(4,5)6)38-55(62(51)75(66)64(53)59)72(57,44-29-21-15-22-30-44)45-31-23-16-24-32-45/h13-41H,1-12H3. The summed E-state index contributed by atoms with van der Waals surface area (Å²) in [6.45, 7) is 28.8. The van der Waals surface area contributed by atoms with E-state index in [1.807, 2.05) is 0 Å². The molecule has 0 unspecified atom stereocenters. The van der Waals surface area contributed by atoms with Crippen LogP contribution in [0.2, 0.25) is 0 Å². The molecule has 2 nitrogen and oxygen atoms in total. The largest absolute Gasteiger partial charge is 0.310 e. The Labute approximate surface area is 443 Å². The second-order valence-corrected chi connectivity index (χ2v) is 26.9. The van der Waals surface area contributed by atoms with Crippen LogP contribution < -0.4 is 16.4 Å². The molecule has 0 radical (unpaired) electrons. The normalized spacial score (nSPS) is 15.7. The first kappa shape index (κ1) is 45.1. The van der Waals surface area contributed by atoms with Crippen LogP contribution in [0.15, 0.2) is 176 Å². The number of fused-ring (bicyclic) bond motifs is 4. The molecule has 6 heterocycles. The van der Waals surface area contributed by atoms with Gasteiger partial charge in [0, 0.05) is 44.0 Å². The van der Waals surface area contributed by atoms with Crippen LogP contribution in [-0.2, 0) is 32.5 Å². The van der Waals surface area contributed by atoms with Gasteiger partial charge in [0.15, 0.2) is 0 Å². The van der Waals surface area contributed by atoms with Crippen molar-refractivity contribution in [2.75, 3.05) is 0 Å². The van der Waals surface area contributed by atoms with Gasteiger partial charge >= 0.3 is 0 Å². The Morgan fingerprint density at radius 2 is 0.587 bits per heavy atom. The van der Waals surface area contributed by atoms with Crippen LogP contribution in [0.4, 0.5) is 0 Å². The van der Waals surface area contributed by atoms with Gasteiger partial charge in [-0.15, -0.1) is 0 Å². The lowest BCUT2D eigenvalue weighted by molar-refractivity contribution is 0.587. The molecule has 15 rings (SSSR count). The predicted molar refractivity (Wildman–Crippen MR) is 318 cm³/mol. The molecule has 0 N–H and O–H groups in total. The number of nitrogens with zero attached hydrogens (tertiary/aromatic N) is 2. The lowest BCUT2D eigenvalue weighted by atomic mass is 9.33. The van der Waals surface area contributed by atoms with E-state index in [9.17, 15) is 0 Å². The minimum atomic E-state index is -0.719. The summed E-state index contributed by atoms with van der Waals surface area (Å²) < 4.78 is 5.61. The summed E-state index contributed by atoms with van der Waals surface area (Å²) in [5, 5.41) is 5.42. The average Bonchev–Trinajstić information content (AvgIpc) is 3.64. The van der Waals surface area contributed by atoms with Crippen molar-refractivity contribution < 1.29 is 0 Å². The van der Waals surface area contributed by atoms with Gasteiger partial charge in [0.2, 0.25) is 0 Å². The third-order valence-corrected chi connectivity index (χ3v) is 18.5. The van der Waals surface area contributed by atoms with Crippen LogP contribution in [0.1, 0.15) is 150 Å². The maximum Gasteiger partial charge on any atom is 0.252 e. The first-order valence-corrected chi connectivity index (χ1v) is 27.5. The molecule has 0 bridgehead atoms. The van der Waals surface area contributed by atoms with Crippen molar-refractivity contribution in [3.05, 3.63) is 243 Å². The summed E-state index contributed by atoms with van der Waals surface area (Å²) in [6, 6.07) is 70.1. The van der Waals surface area contributed by atoms with E-state index in [2.05, 4.69) is 268 Å². The van der Waals surface area contributed by atoms with Crippen molar-refractivity contribution in [3.63, 3.8) is 0 Å². The van der Waals surface area contributed by atoms with Crippen LogP contribution in [-0.4, -0.2) is 15.8 Å². The van der Waals surface area contributed by atoms with Gasteiger partial charge in [0.1, 0.15) is 0 Å². The molecule has 75 heavy (non-hydrogen) atoms. The van der Waals surface area contributed by atoms with E-state index in [-0.39, 0.29) is 28.4 Å². The second-order valence-electron chi connectivity index (χ2n) is 26.9. The molecule has 9 aromatic carbocycles. The molecule has 0 atom stereocenters. The Morgan fingerprint density at radius 3 is 0.880 bits per heavy atom. The summed E-state index contributed by atoms with van der Waals surface area (Å²) in [5.74, 6) is 0. The Kier molecular flexibility index (Phi) is 8.60. The van der Waals surface area contributed by atoms with Crippen LogP contribution in [0.5, 0.6) is 0 Å². The smallest absolute Gasteiger partial charge is 0.252 e. The van der Waals surface area contributed by atoms with Crippen molar-refractivity contribution in [1.29, 1.82) is 0 Å². The highest BCUT2D eigenvalue weighted by molar-refractivity contribution is 7.00. The van der Waals surface area contributed by atoms with Crippen molar-refractivity contribution >= 4 is 66.7 Å². The number of aromatic nitrogens is 2. The molecular weight excluding hydrogens is 904 g/mol. The first-order valence-electron chi connectivity index (χ1n) is 27.5. The van der Waals surface area contributed by atoms with Crippen molar-refractivity contribution in [3.8, 4) is 11.4 Å². The van der Waals surface area contributed by atoms with Crippen LogP contribution in [0, 0.1) is 0 Å². The van der Waals surface area contributed by atoms with Crippen molar-refractivity contribution in [2.24, 2.45) is 0 Å². The van der Waals surface area contributed by atoms with Gasteiger partial charge in [-0.1, -0.05) is 229 Å². The summed E-state index contributed by atoms with van der Waals surface area (Å²) >= 11 is 0. The number of benzene rings is 9. The molecule has 0 fully saturated rings. The molecule has 0 saturated heterocycles. The Hall–Kier alpha value is -7.36. The van der Waals surface area contributed by atoms with E-state index in [0.717, 1.165) is 0 Å². The Bertz CT molecular complexity index is 3940. The average molecular weight is 969 g/mol. The molecule has 0 amide bonds. The zero-order valence-corrected chi connectivity index (χ0v) is 45.7. The van der Waals surface area contributed by atoms with Gasteiger partial charge in [-0.25, -0.2) is 0 Å². The monoisotopic (exact) mass is 969 g/mol. The first-order chi connectivity index (χ1) is 35.7. The minimum Gasteiger partial charge on any atom is -0.310 e. The maximum absolute atomic E-state index is 2.81. The summed E-state index contributed by atoms with van der Waals surface area (Å²) in [6.07, 6.45) is 0. The molecule has 3 heteroatoms. The zero-order chi connectivity index (χ0) is 51.7. The van der Waals surface area contributed by atoms with Gasteiger partial charge in [-0.3, -0.25) is 0 Å². The fourth-order valence-electron chi connectivity index (χ4n) is 14.9. The van der Waals surface area contributed by atoms with E-state index in [1.165, 1.54) is 138 Å². The Balaban J connectivity index is 1.31. The van der Waals surface area contributed by atoms with Crippen LogP contribution >= 0.6 is 0 Å². The molecule has 0 saturated carbocycles. The van der Waals surface area contributed by atoms with E-state index < -0.39 is 10.8 Å². The minimum absolute atomic E-state index is 0.0577. The molecule has 4 aliphatic heterocycles. The quantitative estimate of drug-likeness (QED) is 0.156. The van der Waals surface area contributed by atoms with Crippen LogP contribution in [0.3, 0.4) is 0 Å². The molecule has 11 aromatic rings. The third kappa shape index (κ3) is 5.52. The van der Waals surface area contributed by atoms with E-state index >= 15 is 0 Å². The second kappa shape index (κ2) is 14.3. The lowest BCUT2D eigenvalue weighted by Crippen LogP contribution is -2.62. The van der Waals surface area contributed by atoms with Crippen molar-refractivity contribution in [2.45, 2.75) is 116 Å². The molecule has 0 aliphatic carbocycles. The van der Waals surface area contributed by atoms with Crippen LogP contribution in [0.25, 0.3) is 55.0 Å². The molecule has 0 spiro atoms.